The molecule has 0 saturated carbocycles. The minimum Gasteiger partial charge on any atom is -0.356 e. The van der Waals surface area contributed by atoms with Crippen molar-refractivity contribution in [2.45, 2.75) is 0 Å². The molecule has 0 bridgehead atoms. The summed E-state index contributed by atoms with van der Waals surface area (Å²) in [5.41, 5.74) is 2.58. The molecule has 0 atom stereocenters. The van der Waals surface area contributed by atoms with Gasteiger partial charge < -0.3 is 19.6 Å². The molecule has 102 valence electrons. The van der Waals surface area contributed by atoms with Gasteiger partial charge in [-0.25, -0.2) is 0 Å². The number of allylic oxidation sites excluding steroid dienone is 6. The maximum atomic E-state index is 2.37. The molecule has 4 rings (SSSR count). The van der Waals surface area contributed by atoms with Gasteiger partial charge in [-0.05, 0) is 24.3 Å². The van der Waals surface area contributed by atoms with Gasteiger partial charge in [0.1, 0.15) is 0 Å². The summed E-state index contributed by atoms with van der Waals surface area (Å²) in [6.07, 6.45) is 21.4. The third-order valence-corrected chi connectivity index (χ3v) is 3.92. The molecule has 4 heteroatoms. The molecule has 0 spiro atoms. The van der Waals surface area contributed by atoms with Gasteiger partial charge in [-0.15, -0.1) is 0 Å². The highest BCUT2D eigenvalue weighted by atomic mass is 15.4. The maximum absolute atomic E-state index is 2.37. The molecule has 0 radical (unpaired) electrons. The smallest absolute Gasteiger partial charge is 0.0942 e. The number of hydrogen-bond donors (Lipinski definition) is 0. The second kappa shape index (κ2) is 4.63. The lowest BCUT2D eigenvalue weighted by Crippen LogP contribution is -2.32. The summed E-state index contributed by atoms with van der Waals surface area (Å²) in [5.74, 6) is 0. The van der Waals surface area contributed by atoms with Crippen LogP contribution < -0.4 is 0 Å². The van der Waals surface area contributed by atoms with Crippen LogP contribution in [0.2, 0.25) is 0 Å². The van der Waals surface area contributed by atoms with Crippen LogP contribution in [0.3, 0.4) is 0 Å². The second-order valence-corrected chi connectivity index (χ2v) is 5.36. The van der Waals surface area contributed by atoms with Gasteiger partial charge >= 0.3 is 0 Å². The van der Waals surface area contributed by atoms with E-state index in [4.69, 9.17) is 0 Å². The van der Waals surface area contributed by atoms with E-state index in [2.05, 4.69) is 80.9 Å². The van der Waals surface area contributed by atoms with Crippen LogP contribution in [0.4, 0.5) is 0 Å². The molecule has 4 heterocycles. The van der Waals surface area contributed by atoms with Crippen molar-refractivity contribution in [2.24, 2.45) is 0 Å². The van der Waals surface area contributed by atoms with Gasteiger partial charge in [0.15, 0.2) is 0 Å². The van der Waals surface area contributed by atoms with Crippen molar-refractivity contribution in [3.05, 3.63) is 72.7 Å². The van der Waals surface area contributed by atoms with Gasteiger partial charge in [-0.1, -0.05) is 12.2 Å². The molecule has 0 aromatic carbocycles. The van der Waals surface area contributed by atoms with Crippen LogP contribution in [-0.2, 0) is 0 Å². The molecule has 0 fully saturated rings. The van der Waals surface area contributed by atoms with E-state index in [-0.39, 0.29) is 0 Å². The summed E-state index contributed by atoms with van der Waals surface area (Å²) in [7, 11) is 0. The van der Waals surface area contributed by atoms with Crippen LogP contribution in [0, 0.1) is 0 Å². The first-order valence-electron chi connectivity index (χ1n) is 7.03. The monoisotopic (exact) mass is 266 g/mol. The molecular weight excluding hydrogens is 248 g/mol. The summed E-state index contributed by atoms with van der Waals surface area (Å²) in [5, 5.41) is 0. The minimum absolute atomic E-state index is 0.962. The average Bonchev–Trinajstić information content (AvgIpc) is 3.07. The zero-order valence-corrected chi connectivity index (χ0v) is 11.4. The van der Waals surface area contributed by atoms with E-state index >= 15 is 0 Å². The lowest BCUT2D eigenvalue weighted by Gasteiger charge is -2.24. The second-order valence-electron chi connectivity index (χ2n) is 5.36. The molecule has 0 aromatic rings. The normalized spacial score (nSPS) is 22.4. The number of rotatable bonds is 3. The third-order valence-electron chi connectivity index (χ3n) is 3.92. The third kappa shape index (κ3) is 2.03. The van der Waals surface area contributed by atoms with E-state index < -0.39 is 0 Å². The summed E-state index contributed by atoms with van der Waals surface area (Å²) >= 11 is 0. The van der Waals surface area contributed by atoms with Crippen LogP contribution in [0.1, 0.15) is 0 Å². The summed E-state index contributed by atoms with van der Waals surface area (Å²) in [6.45, 7) is 4.02. The number of nitrogens with zero attached hydrogens (tertiary/aromatic N) is 4. The first kappa shape index (κ1) is 11.5. The molecule has 0 aliphatic carbocycles. The van der Waals surface area contributed by atoms with Crippen LogP contribution in [0.25, 0.3) is 0 Å². The van der Waals surface area contributed by atoms with Gasteiger partial charge in [-0.2, -0.15) is 0 Å². The van der Waals surface area contributed by atoms with Crippen molar-refractivity contribution >= 4 is 0 Å². The Morgan fingerprint density at radius 3 is 1.65 bits per heavy atom. The fourth-order valence-electron chi connectivity index (χ4n) is 2.85. The largest absolute Gasteiger partial charge is 0.356 e. The van der Waals surface area contributed by atoms with Gasteiger partial charge in [-0.3, -0.25) is 0 Å². The van der Waals surface area contributed by atoms with E-state index in [9.17, 15) is 0 Å². The molecule has 0 N–H and O–H groups in total. The molecular formula is C16H18N4. The molecule has 0 amide bonds. The number of hydrogen-bond acceptors (Lipinski definition) is 4. The quantitative estimate of drug-likeness (QED) is 0.774. The zero-order valence-electron chi connectivity index (χ0n) is 11.4. The number of fused-ring (bicyclic) bond motifs is 2. The Hall–Kier alpha value is -2.36. The predicted octanol–water partition coefficient (Wildman–Crippen LogP) is 1.99. The van der Waals surface area contributed by atoms with Gasteiger partial charge in [0.2, 0.25) is 0 Å². The summed E-state index contributed by atoms with van der Waals surface area (Å²) in [4.78, 5) is 9.29. The van der Waals surface area contributed by atoms with Gasteiger partial charge in [0.05, 0.1) is 24.7 Å². The van der Waals surface area contributed by atoms with Crippen molar-refractivity contribution in [1.29, 1.82) is 0 Å². The molecule has 0 aromatic heterocycles. The standard InChI is InChI=1S/C16H18N4/c1-3-7-19-13-17(11-15(19)5-1)9-10-18-12-16-6-2-4-8-20(16)14-18/h1-8,11-12H,9-10,13-14H2. The van der Waals surface area contributed by atoms with Crippen LogP contribution >= 0.6 is 0 Å². The zero-order chi connectivity index (χ0) is 13.4. The fourth-order valence-corrected chi connectivity index (χ4v) is 2.85. The Morgan fingerprint density at radius 1 is 0.700 bits per heavy atom. The molecule has 4 aliphatic rings. The Balaban J connectivity index is 1.34. The van der Waals surface area contributed by atoms with E-state index in [1.807, 2.05) is 0 Å². The summed E-state index contributed by atoms with van der Waals surface area (Å²) < 4.78 is 0. The van der Waals surface area contributed by atoms with Gasteiger partial charge in [0, 0.05) is 37.9 Å². The molecule has 4 nitrogen and oxygen atoms in total. The van der Waals surface area contributed by atoms with E-state index in [0.29, 0.717) is 0 Å². The maximum Gasteiger partial charge on any atom is 0.0942 e. The Kier molecular flexibility index (Phi) is 2.66. The molecule has 0 saturated heterocycles. The molecule has 0 unspecified atom stereocenters. The Morgan fingerprint density at radius 2 is 1.20 bits per heavy atom. The Bertz CT molecular complexity index is 527. The minimum atomic E-state index is 0.962. The highest BCUT2D eigenvalue weighted by Gasteiger charge is 2.21. The lowest BCUT2D eigenvalue weighted by molar-refractivity contribution is 0.249. The van der Waals surface area contributed by atoms with Crippen molar-refractivity contribution in [2.75, 3.05) is 26.4 Å². The molecule has 4 aliphatic heterocycles. The van der Waals surface area contributed by atoms with Crippen LogP contribution in [-0.4, -0.2) is 46.0 Å². The first-order valence-corrected chi connectivity index (χ1v) is 7.03. The SMILES string of the molecule is C1=CC2=CN(CCN3C=C4C=CC=CN4C3)CN2C=C1. The van der Waals surface area contributed by atoms with Crippen molar-refractivity contribution in [3.63, 3.8) is 0 Å². The topological polar surface area (TPSA) is 13.0 Å². The summed E-state index contributed by atoms with van der Waals surface area (Å²) in [6, 6.07) is 0. The Labute approximate surface area is 119 Å². The lowest BCUT2D eigenvalue weighted by atomic mass is 10.3. The highest BCUT2D eigenvalue weighted by Crippen LogP contribution is 2.22. The van der Waals surface area contributed by atoms with Crippen LogP contribution in [0.5, 0.6) is 0 Å². The van der Waals surface area contributed by atoms with Crippen molar-refractivity contribution in [1.82, 2.24) is 19.6 Å². The first-order chi connectivity index (χ1) is 9.88. The fraction of sp³-hybridized carbons (Fsp3) is 0.250. The molecule has 20 heavy (non-hydrogen) atoms. The van der Waals surface area contributed by atoms with Gasteiger partial charge in [0.25, 0.3) is 0 Å². The van der Waals surface area contributed by atoms with Crippen molar-refractivity contribution in [3.8, 4) is 0 Å². The van der Waals surface area contributed by atoms with E-state index in [1.165, 1.54) is 11.4 Å². The van der Waals surface area contributed by atoms with Crippen LogP contribution in [0.15, 0.2) is 72.7 Å². The van der Waals surface area contributed by atoms with E-state index in [1.54, 1.807) is 0 Å². The highest BCUT2D eigenvalue weighted by molar-refractivity contribution is 5.31. The average molecular weight is 266 g/mol. The van der Waals surface area contributed by atoms with Crippen molar-refractivity contribution < 1.29 is 0 Å². The van der Waals surface area contributed by atoms with E-state index in [0.717, 1.165) is 26.4 Å². The predicted molar refractivity (Wildman–Crippen MR) is 79.6 cm³/mol.